The van der Waals surface area contributed by atoms with Gasteiger partial charge < -0.3 is 15.5 Å². The molecule has 4 rings (SSSR count). The van der Waals surface area contributed by atoms with Crippen molar-refractivity contribution in [3.8, 4) is 11.3 Å². The van der Waals surface area contributed by atoms with E-state index in [1.165, 1.54) is 6.34 Å². The fourth-order valence-corrected chi connectivity index (χ4v) is 3.42. The number of pyridine rings is 1. The molecule has 3 heterocycles. The van der Waals surface area contributed by atoms with E-state index >= 15 is 0 Å². The maximum absolute atomic E-state index is 7.60. The van der Waals surface area contributed by atoms with E-state index in [0.717, 1.165) is 39.7 Å². The molecule has 0 aliphatic carbocycles. The van der Waals surface area contributed by atoms with E-state index in [1.54, 1.807) is 15.6 Å². The number of nitrogens with one attached hydrogen (secondary N) is 3. The van der Waals surface area contributed by atoms with Crippen LogP contribution in [-0.4, -0.2) is 40.0 Å². The number of hydrogen-bond donors (Lipinski definition) is 3. The molecule has 0 amide bonds. The van der Waals surface area contributed by atoms with E-state index in [4.69, 9.17) is 10.5 Å². The second kappa shape index (κ2) is 9.30. The predicted octanol–water partition coefficient (Wildman–Crippen LogP) is 3.72. The summed E-state index contributed by atoms with van der Waals surface area (Å²) in [4.78, 5) is 10.4. The molecule has 8 heteroatoms. The Morgan fingerprint density at radius 1 is 1.19 bits per heavy atom. The van der Waals surface area contributed by atoms with Gasteiger partial charge in [0.25, 0.3) is 0 Å². The molecule has 0 unspecified atom stereocenters. The lowest BCUT2D eigenvalue weighted by molar-refractivity contribution is 0.783. The first-order valence-corrected chi connectivity index (χ1v) is 10.3. The first-order valence-electron chi connectivity index (χ1n) is 10.3. The molecule has 0 spiro atoms. The van der Waals surface area contributed by atoms with Gasteiger partial charge in [-0.1, -0.05) is 30.8 Å². The molecule has 3 N–H and O–H groups in total. The van der Waals surface area contributed by atoms with Crippen molar-refractivity contribution in [1.82, 2.24) is 24.9 Å². The maximum atomic E-state index is 7.60. The van der Waals surface area contributed by atoms with Gasteiger partial charge in [-0.2, -0.15) is 9.61 Å². The summed E-state index contributed by atoms with van der Waals surface area (Å²) in [6.07, 6.45) is 5.58. The molecule has 3 aromatic heterocycles. The molecule has 4 aromatic rings. The van der Waals surface area contributed by atoms with Gasteiger partial charge in [-0.3, -0.25) is 10.4 Å². The quantitative estimate of drug-likeness (QED) is 0.279. The lowest BCUT2D eigenvalue weighted by Crippen LogP contribution is -2.18. The third-order valence-corrected chi connectivity index (χ3v) is 5.13. The van der Waals surface area contributed by atoms with Gasteiger partial charge in [-0.05, 0) is 23.3 Å². The minimum absolute atomic E-state index is 0.696. The van der Waals surface area contributed by atoms with Crippen LogP contribution in [0.25, 0.3) is 16.9 Å². The van der Waals surface area contributed by atoms with Gasteiger partial charge >= 0.3 is 0 Å². The highest BCUT2D eigenvalue weighted by Gasteiger charge is 2.13. The molecule has 1 aromatic carbocycles. The van der Waals surface area contributed by atoms with Crippen LogP contribution in [0.4, 0.5) is 11.6 Å². The van der Waals surface area contributed by atoms with Crippen molar-refractivity contribution < 1.29 is 0 Å². The smallest absolute Gasteiger partial charge is 0.160 e. The molecule has 0 aliphatic rings. The first kappa shape index (κ1) is 21.0. The molecular weight excluding hydrogens is 400 g/mol. The summed E-state index contributed by atoms with van der Waals surface area (Å²) in [7, 11) is 3.64. The highest BCUT2D eigenvalue weighted by Crippen LogP contribution is 2.25. The summed E-state index contributed by atoms with van der Waals surface area (Å²) >= 11 is 0. The van der Waals surface area contributed by atoms with Crippen LogP contribution in [0.3, 0.4) is 0 Å². The Kier molecular flexibility index (Phi) is 6.12. The largest absolute Gasteiger partial charge is 0.384 e. The highest BCUT2D eigenvalue weighted by molar-refractivity contribution is 5.77. The van der Waals surface area contributed by atoms with Gasteiger partial charge in [-0.15, -0.1) is 0 Å². The Morgan fingerprint density at radius 2 is 2.03 bits per heavy atom. The lowest BCUT2D eigenvalue weighted by atomic mass is 10.0. The normalized spacial score (nSPS) is 10.7. The number of allylic oxidation sites excluding steroid dienone is 1. The number of hydrogen-bond acceptors (Lipinski definition) is 6. The maximum Gasteiger partial charge on any atom is 0.160 e. The summed E-state index contributed by atoms with van der Waals surface area (Å²) in [5, 5.41) is 18.8. The molecular formula is C24H26N8. The van der Waals surface area contributed by atoms with Crippen molar-refractivity contribution in [2.45, 2.75) is 13.0 Å². The van der Waals surface area contributed by atoms with Crippen LogP contribution >= 0.6 is 0 Å². The highest BCUT2D eigenvalue weighted by atomic mass is 15.3. The standard InChI is InChI=1S/C24H26N8/c1-17(28-15-19-7-5-9-27-14-19)10-18-6-4-8-20(11-18)21-12-23-29-22(26-2)13-24(31(3)16-25)32(23)30-21/h4-9,11-14,16,25,28H,1,10,15H2,2-3H3,(H,26,29). The van der Waals surface area contributed by atoms with E-state index in [2.05, 4.69) is 39.3 Å². The number of nitrogens with zero attached hydrogens (tertiary/aromatic N) is 5. The number of rotatable bonds is 9. The molecule has 0 fully saturated rings. The van der Waals surface area contributed by atoms with E-state index in [0.29, 0.717) is 18.6 Å². The summed E-state index contributed by atoms with van der Waals surface area (Å²) in [6.45, 7) is 4.86. The SMILES string of the molecule is C=C(Cc1cccc(-c2cc3nc(NC)cc(N(C)C=N)n3n2)c1)NCc1cccnc1. The Labute approximate surface area is 187 Å². The van der Waals surface area contributed by atoms with E-state index in [1.807, 2.05) is 56.7 Å². The number of aromatic nitrogens is 4. The van der Waals surface area contributed by atoms with E-state index < -0.39 is 0 Å². The van der Waals surface area contributed by atoms with Crippen LogP contribution in [0.5, 0.6) is 0 Å². The molecule has 0 saturated heterocycles. The molecule has 0 atom stereocenters. The summed E-state index contributed by atoms with van der Waals surface area (Å²) in [6, 6.07) is 16.1. The topological polar surface area (TPSA) is 94.2 Å². The van der Waals surface area contributed by atoms with Crippen LogP contribution in [0.15, 0.2) is 73.2 Å². The zero-order valence-corrected chi connectivity index (χ0v) is 18.2. The van der Waals surface area contributed by atoms with Gasteiger partial charge in [-0.25, -0.2) is 4.98 Å². The summed E-state index contributed by atoms with van der Waals surface area (Å²) in [5.41, 5.74) is 5.73. The molecule has 162 valence electrons. The van der Waals surface area contributed by atoms with Crippen molar-refractivity contribution >= 4 is 23.6 Å². The summed E-state index contributed by atoms with van der Waals surface area (Å²) < 4.78 is 1.75. The van der Waals surface area contributed by atoms with Crippen LogP contribution < -0.4 is 15.5 Å². The minimum Gasteiger partial charge on any atom is -0.384 e. The Morgan fingerprint density at radius 3 is 2.78 bits per heavy atom. The van der Waals surface area contributed by atoms with Crippen molar-refractivity contribution in [3.63, 3.8) is 0 Å². The van der Waals surface area contributed by atoms with Crippen molar-refractivity contribution in [2.24, 2.45) is 0 Å². The molecule has 0 bridgehead atoms. The van der Waals surface area contributed by atoms with E-state index in [-0.39, 0.29) is 0 Å². The molecule has 0 aliphatic heterocycles. The van der Waals surface area contributed by atoms with Crippen LogP contribution in [0, 0.1) is 5.41 Å². The van der Waals surface area contributed by atoms with Crippen LogP contribution in [0.2, 0.25) is 0 Å². The van der Waals surface area contributed by atoms with Gasteiger partial charge in [0.15, 0.2) is 5.65 Å². The van der Waals surface area contributed by atoms with Gasteiger partial charge in [0, 0.05) is 62.8 Å². The number of fused-ring (bicyclic) bond motifs is 1. The average molecular weight is 427 g/mol. The molecule has 0 radical (unpaired) electrons. The van der Waals surface area contributed by atoms with Gasteiger partial charge in [0.05, 0.1) is 12.0 Å². The first-order chi connectivity index (χ1) is 15.6. The molecule has 32 heavy (non-hydrogen) atoms. The Bertz CT molecular complexity index is 1250. The Balaban J connectivity index is 1.56. The zero-order chi connectivity index (χ0) is 22.5. The zero-order valence-electron chi connectivity index (χ0n) is 18.2. The fourth-order valence-electron chi connectivity index (χ4n) is 3.42. The third kappa shape index (κ3) is 4.59. The molecule has 0 saturated carbocycles. The van der Waals surface area contributed by atoms with Crippen LogP contribution in [0.1, 0.15) is 11.1 Å². The average Bonchev–Trinajstić information content (AvgIpc) is 3.26. The van der Waals surface area contributed by atoms with Crippen molar-refractivity contribution in [1.29, 1.82) is 5.41 Å². The second-order valence-corrected chi connectivity index (χ2v) is 7.48. The van der Waals surface area contributed by atoms with Crippen molar-refractivity contribution in [2.75, 3.05) is 24.3 Å². The Hall–Kier alpha value is -4.20. The van der Waals surface area contributed by atoms with Gasteiger partial charge in [0.1, 0.15) is 11.6 Å². The van der Waals surface area contributed by atoms with Crippen molar-refractivity contribution in [3.05, 3.63) is 84.3 Å². The number of anilines is 2. The van der Waals surface area contributed by atoms with Gasteiger partial charge in [0.2, 0.25) is 0 Å². The lowest BCUT2D eigenvalue weighted by Gasteiger charge is -2.14. The molecule has 8 nitrogen and oxygen atoms in total. The monoisotopic (exact) mass is 426 g/mol. The third-order valence-electron chi connectivity index (χ3n) is 5.13. The number of benzene rings is 1. The summed E-state index contributed by atoms with van der Waals surface area (Å²) in [5.74, 6) is 1.47. The second-order valence-electron chi connectivity index (χ2n) is 7.48. The predicted molar refractivity (Wildman–Crippen MR) is 129 cm³/mol. The fraction of sp³-hybridized carbons (Fsp3) is 0.167. The van der Waals surface area contributed by atoms with Crippen LogP contribution in [-0.2, 0) is 13.0 Å². The minimum atomic E-state index is 0.696. The van der Waals surface area contributed by atoms with E-state index in [9.17, 15) is 0 Å².